The molecule has 0 aliphatic rings. The Kier molecular flexibility index (Phi) is 19.7. The molecule has 0 spiro atoms. The van der Waals surface area contributed by atoms with E-state index >= 15 is 0 Å². The highest BCUT2D eigenvalue weighted by Crippen LogP contribution is 2.53. The Balaban J connectivity index is 0. The van der Waals surface area contributed by atoms with Crippen LogP contribution < -0.4 is 5.73 Å². The molecule has 0 saturated carbocycles. The van der Waals surface area contributed by atoms with Crippen molar-refractivity contribution in [2.45, 2.75) is 52.4 Å². The molecule has 118 valence electrons. The number of hydrogen-bond donors (Lipinski definition) is 3. The van der Waals surface area contributed by atoms with Crippen LogP contribution in [0.4, 0.5) is 0 Å². The van der Waals surface area contributed by atoms with Crippen molar-refractivity contribution in [1.82, 2.24) is 0 Å². The molecule has 0 aliphatic carbocycles. The van der Waals surface area contributed by atoms with Crippen LogP contribution in [0.1, 0.15) is 52.4 Å². The van der Waals surface area contributed by atoms with Gasteiger partial charge in [-0.25, -0.2) is 0 Å². The van der Waals surface area contributed by atoms with Gasteiger partial charge in [0.05, 0.1) is 19.8 Å². The molecule has 0 aromatic carbocycles. The zero-order valence-electron chi connectivity index (χ0n) is 12.2. The summed E-state index contributed by atoms with van der Waals surface area (Å²) in [5.41, 5.74) is 2.53. The molecule has 7 heteroatoms. The van der Waals surface area contributed by atoms with Gasteiger partial charge in [-0.3, -0.25) is 0 Å². The van der Waals surface area contributed by atoms with E-state index in [1.807, 2.05) is 0 Å². The van der Waals surface area contributed by atoms with E-state index < -0.39 is 5.69 Å². The van der Waals surface area contributed by atoms with E-state index in [9.17, 15) is 0 Å². The fourth-order valence-corrected chi connectivity index (χ4v) is 2.83. The van der Waals surface area contributed by atoms with Gasteiger partial charge in [-0.05, 0) is 24.6 Å². The van der Waals surface area contributed by atoms with Crippen LogP contribution in [0.25, 0.3) is 0 Å². The molecule has 4 nitrogen and oxygen atoms in total. The Bertz CT molecular complexity index is 203. The van der Waals surface area contributed by atoms with Crippen molar-refractivity contribution in [1.29, 1.82) is 0 Å². The molecule has 0 heterocycles. The maximum absolute atomic E-state index is 7.75. The van der Waals surface area contributed by atoms with Gasteiger partial charge >= 0.3 is 0 Å². The molecule has 0 bridgehead atoms. The first kappa shape index (κ1) is 22.1. The molecule has 0 unspecified atom stereocenters. The predicted molar refractivity (Wildman–Crippen MR) is 90.4 cm³/mol. The van der Waals surface area contributed by atoms with Crippen LogP contribution >= 0.6 is 17.9 Å². The van der Waals surface area contributed by atoms with Crippen LogP contribution in [0.2, 0.25) is 0 Å². The fraction of sp³-hybridized carbons (Fsp3) is 1.00. The number of thiol groups is 1. The number of hydrogen-bond acceptors (Lipinski definition) is 5. The smallest absolute Gasteiger partial charge is 0.244 e. The maximum atomic E-state index is 7.75. The lowest BCUT2D eigenvalue weighted by atomic mass is 10.3. The highest BCUT2D eigenvalue weighted by Gasteiger charge is 2.11. The van der Waals surface area contributed by atoms with E-state index in [4.69, 9.17) is 31.7 Å². The lowest BCUT2D eigenvalue weighted by Gasteiger charge is -2.16. The van der Waals surface area contributed by atoms with E-state index in [0.29, 0.717) is 19.8 Å². The minimum absolute atomic E-state index is 0.0972. The Morgan fingerprint density at radius 1 is 1.05 bits per heavy atom. The first-order valence-corrected chi connectivity index (χ1v) is 10.8. The normalized spacial score (nSPS) is 11.0. The lowest BCUT2D eigenvalue weighted by molar-refractivity contribution is 0.251. The van der Waals surface area contributed by atoms with Gasteiger partial charge in [-0.2, -0.15) is 0 Å². The molecule has 19 heavy (non-hydrogen) atoms. The van der Waals surface area contributed by atoms with Crippen molar-refractivity contribution in [3.05, 3.63) is 0 Å². The molecular weight excluding hydrogens is 301 g/mol. The maximum Gasteiger partial charge on any atom is 0.244 e. The average molecular weight is 331 g/mol. The number of nitrogens with two attached hydrogens (primary N) is 1. The summed E-state index contributed by atoms with van der Waals surface area (Å²) in [6.07, 6.45) is 6.84. The minimum atomic E-state index is -2.25. The van der Waals surface area contributed by atoms with Crippen molar-refractivity contribution in [2.24, 2.45) is 5.73 Å². The second-order valence-electron chi connectivity index (χ2n) is 4.06. The predicted octanol–water partition coefficient (Wildman–Crippen LogP) is 3.49. The second-order valence-corrected chi connectivity index (χ2v) is 9.35. The van der Waals surface area contributed by atoms with Crippen molar-refractivity contribution < 1.29 is 14.2 Å². The van der Waals surface area contributed by atoms with Crippen LogP contribution in [0.5, 0.6) is 0 Å². The van der Waals surface area contributed by atoms with Gasteiger partial charge in [-0.15, -0.1) is 0 Å². The molecule has 0 amide bonds. The quantitative estimate of drug-likeness (QED) is 0.307. The van der Waals surface area contributed by atoms with Gasteiger partial charge in [0.25, 0.3) is 0 Å². The van der Waals surface area contributed by atoms with Crippen molar-refractivity contribution >= 4 is 29.7 Å². The second kappa shape index (κ2) is 16.9. The van der Waals surface area contributed by atoms with Crippen LogP contribution in [0.15, 0.2) is 0 Å². The van der Waals surface area contributed by atoms with Crippen LogP contribution in [-0.4, -0.2) is 31.5 Å². The Morgan fingerprint density at radius 2 is 1.42 bits per heavy atom. The van der Waals surface area contributed by atoms with Gasteiger partial charge in [0.1, 0.15) is 0 Å². The SMILES string of the molecule is CCCCCOP(=S)(S)OCCCCC.NCCO. The largest absolute Gasteiger partial charge is 0.395 e. The van der Waals surface area contributed by atoms with Crippen LogP contribution in [0.3, 0.4) is 0 Å². The number of aliphatic hydroxyl groups is 1. The summed E-state index contributed by atoms with van der Waals surface area (Å²) >= 11 is 9.45. The first-order chi connectivity index (χ1) is 9.04. The Morgan fingerprint density at radius 3 is 1.68 bits per heavy atom. The van der Waals surface area contributed by atoms with Gasteiger partial charge in [0.15, 0.2) is 0 Å². The summed E-state index contributed by atoms with van der Waals surface area (Å²) in [4.78, 5) is 0. The number of unbranched alkanes of at least 4 members (excludes halogenated alkanes) is 4. The summed E-state index contributed by atoms with van der Waals surface area (Å²) in [5.74, 6) is 0. The van der Waals surface area contributed by atoms with E-state index in [1.54, 1.807) is 0 Å². The topological polar surface area (TPSA) is 64.7 Å². The minimum Gasteiger partial charge on any atom is -0.395 e. The van der Waals surface area contributed by atoms with Gasteiger partial charge < -0.3 is 19.9 Å². The summed E-state index contributed by atoms with van der Waals surface area (Å²) < 4.78 is 11.0. The van der Waals surface area contributed by atoms with E-state index in [2.05, 4.69) is 26.1 Å². The molecule has 3 N–H and O–H groups in total. The number of aliphatic hydroxyl groups excluding tert-OH is 1. The highest BCUT2D eigenvalue weighted by atomic mass is 32.9. The standard InChI is InChI=1S/C10H23O2PS2.C2H7NO/c1-3-5-7-9-11-13(14,15)12-10-8-6-4-2;3-1-2-4/h3-10H2,1-2H3,(H,14,15);4H,1-3H2. The zero-order valence-corrected chi connectivity index (χ0v) is 14.8. The monoisotopic (exact) mass is 331 g/mol. The number of rotatable bonds is 11. The highest BCUT2D eigenvalue weighted by molar-refractivity contribution is 8.60. The molecule has 0 saturated heterocycles. The van der Waals surface area contributed by atoms with Crippen LogP contribution in [-0.2, 0) is 20.9 Å². The van der Waals surface area contributed by atoms with Gasteiger partial charge in [0.2, 0.25) is 5.69 Å². The molecule has 0 aliphatic heterocycles. The third-order valence-electron chi connectivity index (χ3n) is 2.13. The molecule has 0 aromatic rings. The van der Waals surface area contributed by atoms with E-state index in [-0.39, 0.29) is 6.61 Å². The third-order valence-corrected chi connectivity index (χ3v) is 4.48. The molecule has 0 radical (unpaired) electrons. The molecule has 0 rings (SSSR count). The molecule has 0 atom stereocenters. The Hall–Kier alpha value is 0.840. The Labute approximate surface area is 128 Å². The van der Waals surface area contributed by atoms with E-state index in [1.165, 1.54) is 25.7 Å². The van der Waals surface area contributed by atoms with Crippen molar-refractivity contribution in [3.63, 3.8) is 0 Å². The molecule has 0 aromatic heterocycles. The fourth-order valence-electron chi connectivity index (χ4n) is 1.10. The summed E-state index contributed by atoms with van der Waals surface area (Å²) in [5, 5.41) is 7.75. The summed E-state index contributed by atoms with van der Waals surface area (Å²) in [6.45, 7) is 6.17. The third kappa shape index (κ3) is 21.3. The van der Waals surface area contributed by atoms with Crippen molar-refractivity contribution in [2.75, 3.05) is 26.4 Å². The van der Waals surface area contributed by atoms with E-state index in [0.717, 1.165) is 12.8 Å². The summed E-state index contributed by atoms with van der Waals surface area (Å²) in [7, 11) is 0. The first-order valence-electron chi connectivity index (χ1n) is 6.96. The van der Waals surface area contributed by atoms with Gasteiger partial charge in [-0.1, -0.05) is 51.8 Å². The van der Waals surface area contributed by atoms with Crippen molar-refractivity contribution in [3.8, 4) is 0 Å². The van der Waals surface area contributed by atoms with Crippen LogP contribution in [0, 0.1) is 0 Å². The summed E-state index contributed by atoms with van der Waals surface area (Å²) in [6, 6.07) is 0. The lowest BCUT2D eigenvalue weighted by Crippen LogP contribution is -2.02. The molecular formula is C12H30NO3PS2. The zero-order chi connectivity index (χ0) is 15.0. The molecule has 0 fully saturated rings. The van der Waals surface area contributed by atoms with Gasteiger partial charge in [0, 0.05) is 6.54 Å². The average Bonchev–Trinajstić information content (AvgIpc) is 2.40.